The lowest BCUT2D eigenvalue weighted by molar-refractivity contribution is -0.122. The lowest BCUT2D eigenvalue weighted by Gasteiger charge is -2.27. The van der Waals surface area contributed by atoms with E-state index in [-0.39, 0.29) is 0 Å². The molecule has 0 spiro atoms. The van der Waals surface area contributed by atoms with Gasteiger partial charge in [-0.15, -0.1) is 0 Å². The van der Waals surface area contributed by atoms with Crippen LogP contribution in [0.2, 0.25) is 0 Å². The van der Waals surface area contributed by atoms with Crippen LogP contribution in [0.4, 0.5) is 0 Å². The van der Waals surface area contributed by atoms with E-state index in [1.165, 1.54) is 32.1 Å². The highest BCUT2D eigenvalue weighted by Gasteiger charge is 2.24. The zero-order valence-corrected chi connectivity index (χ0v) is 8.31. The van der Waals surface area contributed by atoms with Crippen LogP contribution in [0.25, 0.3) is 0 Å². The van der Waals surface area contributed by atoms with Crippen molar-refractivity contribution in [3.8, 4) is 0 Å². The van der Waals surface area contributed by atoms with E-state index in [0.29, 0.717) is 17.6 Å². The van der Waals surface area contributed by atoms with Gasteiger partial charge in [-0.25, -0.2) is 0 Å². The van der Waals surface area contributed by atoms with Gasteiger partial charge in [-0.05, 0) is 32.1 Å². The molecule has 1 fully saturated rings. The Kier molecular flexibility index (Phi) is 3.77. The third kappa shape index (κ3) is 2.33. The molecule has 0 radical (unpaired) electrons. The fraction of sp³-hybridized carbons (Fsp3) is 0.909. The Hall–Kier alpha value is -0.330. The van der Waals surface area contributed by atoms with Crippen molar-refractivity contribution in [3.05, 3.63) is 0 Å². The molecule has 1 saturated carbocycles. The Morgan fingerprint density at radius 1 is 1.33 bits per heavy atom. The fourth-order valence-electron chi connectivity index (χ4n) is 2.49. The number of rotatable bonds is 3. The SMILES string of the molecule is CCC(C(C)=O)C1CCCCC1. The van der Waals surface area contributed by atoms with E-state index in [2.05, 4.69) is 6.92 Å². The number of hydrogen-bond acceptors (Lipinski definition) is 1. The normalized spacial score (nSPS) is 22.2. The first kappa shape index (κ1) is 9.76. The maximum atomic E-state index is 11.3. The van der Waals surface area contributed by atoms with Gasteiger partial charge in [0.05, 0.1) is 0 Å². The quantitative estimate of drug-likeness (QED) is 0.632. The molecule has 0 saturated heterocycles. The number of carbonyl (C=O) groups is 1. The summed E-state index contributed by atoms with van der Waals surface area (Å²) in [5.41, 5.74) is 0. The Bertz CT molecular complexity index is 145. The molecule has 0 aromatic carbocycles. The molecular formula is C11H20O. The average Bonchev–Trinajstić information content (AvgIpc) is 2.07. The minimum Gasteiger partial charge on any atom is -0.300 e. The molecule has 0 N–H and O–H groups in total. The largest absolute Gasteiger partial charge is 0.300 e. The summed E-state index contributed by atoms with van der Waals surface area (Å²) in [5.74, 6) is 1.48. The molecule has 1 aliphatic carbocycles. The van der Waals surface area contributed by atoms with Gasteiger partial charge in [-0.2, -0.15) is 0 Å². The minimum absolute atomic E-state index is 0.366. The molecule has 1 aliphatic rings. The molecule has 0 heterocycles. The number of carbonyl (C=O) groups excluding carboxylic acids is 1. The number of hydrogen-bond donors (Lipinski definition) is 0. The highest BCUT2D eigenvalue weighted by atomic mass is 16.1. The van der Waals surface area contributed by atoms with Gasteiger partial charge in [0.1, 0.15) is 5.78 Å². The van der Waals surface area contributed by atoms with Crippen molar-refractivity contribution < 1.29 is 4.79 Å². The van der Waals surface area contributed by atoms with Gasteiger partial charge in [0, 0.05) is 5.92 Å². The molecule has 0 aliphatic heterocycles. The Morgan fingerprint density at radius 2 is 1.92 bits per heavy atom. The summed E-state index contributed by atoms with van der Waals surface area (Å²) < 4.78 is 0. The highest BCUT2D eigenvalue weighted by Crippen LogP contribution is 2.31. The van der Waals surface area contributed by atoms with Gasteiger partial charge in [0.25, 0.3) is 0 Å². The molecule has 1 nitrogen and oxygen atoms in total. The van der Waals surface area contributed by atoms with Crippen molar-refractivity contribution in [2.75, 3.05) is 0 Å². The van der Waals surface area contributed by atoms with Crippen LogP contribution < -0.4 is 0 Å². The standard InChI is InChI=1S/C11H20O/c1-3-11(9(2)12)10-7-5-4-6-8-10/h10-11H,3-8H2,1-2H3. The van der Waals surface area contributed by atoms with E-state index in [0.717, 1.165) is 6.42 Å². The van der Waals surface area contributed by atoms with Crippen LogP contribution in [0.15, 0.2) is 0 Å². The summed E-state index contributed by atoms with van der Waals surface area (Å²) in [4.78, 5) is 11.3. The third-order valence-corrected chi connectivity index (χ3v) is 3.18. The van der Waals surface area contributed by atoms with Crippen LogP contribution in [0.3, 0.4) is 0 Å². The van der Waals surface area contributed by atoms with Crippen molar-refractivity contribution in [2.45, 2.75) is 52.4 Å². The molecule has 1 atom stereocenters. The lowest BCUT2D eigenvalue weighted by Crippen LogP contribution is -2.23. The zero-order chi connectivity index (χ0) is 8.97. The van der Waals surface area contributed by atoms with Gasteiger partial charge in [-0.3, -0.25) is 4.79 Å². The number of Topliss-reactive ketones (excluding diaryl/α,β-unsaturated/α-hetero) is 1. The second-order valence-electron chi connectivity index (χ2n) is 4.02. The lowest BCUT2D eigenvalue weighted by atomic mass is 9.77. The first-order valence-electron chi connectivity index (χ1n) is 5.26. The number of ketones is 1. The molecule has 1 unspecified atom stereocenters. The van der Waals surface area contributed by atoms with E-state index in [1.807, 2.05) is 0 Å². The molecule has 1 rings (SSSR count). The second-order valence-corrected chi connectivity index (χ2v) is 4.02. The van der Waals surface area contributed by atoms with Crippen LogP contribution in [-0.4, -0.2) is 5.78 Å². The van der Waals surface area contributed by atoms with Crippen LogP contribution >= 0.6 is 0 Å². The van der Waals surface area contributed by atoms with Crippen LogP contribution in [0, 0.1) is 11.8 Å². The molecule has 0 bridgehead atoms. The van der Waals surface area contributed by atoms with E-state index >= 15 is 0 Å². The summed E-state index contributed by atoms with van der Waals surface area (Å²) in [6.07, 6.45) is 7.68. The summed E-state index contributed by atoms with van der Waals surface area (Å²) in [7, 11) is 0. The Labute approximate surface area is 75.5 Å². The maximum Gasteiger partial charge on any atom is 0.133 e. The average molecular weight is 168 g/mol. The topological polar surface area (TPSA) is 17.1 Å². The monoisotopic (exact) mass is 168 g/mol. The smallest absolute Gasteiger partial charge is 0.133 e. The molecule has 0 aromatic rings. The first-order chi connectivity index (χ1) is 5.75. The first-order valence-corrected chi connectivity index (χ1v) is 5.26. The van der Waals surface area contributed by atoms with E-state index < -0.39 is 0 Å². The zero-order valence-electron chi connectivity index (χ0n) is 8.31. The Morgan fingerprint density at radius 3 is 2.33 bits per heavy atom. The van der Waals surface area contributed by atoms with Crippen molar-refractivity contribution in [3.63, 3.8) is 0 Å². The van der Waals surface area contributed by atoms with Gasteiger partial charge in [0.15, 0.2) is 0 Å². The van der Waals surface area contributed by atoms with E-state index in [4.69, 9.17) is 0 Å². The van der Waals surface area contributed by atoms with Crippen LogP contribution in [0.1, 0.15) is 52.4 Å². The van der Waals surface area contributed by atoms with Gasteiger partial charge in [0.2, 0.25) is 0 Å². The van der Waals surface area contributed by atoms with Crippen molar-refractivity contribution in [2.24, 2.45) is 11.8 Å². The summed E-state index contributed by atoms with van der Waals surface area (Å²) in [5, 5.41) is 0. The van der Waals surface area contributed by atoms with Crippen LogP contribution in [-0.2, 0) is 4.79 Å². The van der Waals surface area contributed by atoms with Gasteiger partial charge >= 0.3 is 0 Å². The van der Waals surface area contributed by atoms with Crippen molar-refractivity contribution in [1.82, 2.24) is 0 Å². The predicted molar refractivity (Wildman–Crippen MR) is 51.0 cm³/mol. The summed E-state index contributed by atoms with van der Waals surface area (Å²) in [6.45, 7) is 3.89. The molecule has 70 valence electrons. The third-order valence-electron chi connectivity index (χ3n) is 3.18. The molecule has 12 heavy (non-hydrogen) atoms. The molecular weight excluding hydrogens is 148 g/mol. The molecule has 0 amide bonds. The highest BCUT2D eigenvalue weighted by molar-refractivity contribution is 5.78. The molecule has 1 heteroatoms. The van der Waals surface area contributed by atoms with Crippen molar-refractivity contribution >= 4 is 5.78 Å². The van der Waals surface area contributed by atoms with E-state index in [9.17, 15) is 4.79 Å². The van der Waals surface area contributed by atoms with Crippen LogP contribution in [0.5, 0.6) is 0 Å². The summed E-state index contributed by atoms with van der Waals surface area (Å²) in [6, 6.07) is 0. The predicted octanol–water partition coefficient (Wildman–Crippen LogP) is 3.18. The fourth-order valence-corrected chi connectivity index (χ4v) is 2.49. The maximum absolute atomic E-state index is 11.3. The van der Waals surface area contributed by atoms with Crippen molar-refractivity contribution in [1.29, 1.82) is 0 Å². The minimum atomic E-state index is 0.366. The van der Waals surface area contributed by atoms with Gasteiger partial charge < -0.3 is 0 Å². The Balaban J connectivity index is 2.46. The van der Waals surface area contributed by atoms with Gasteiger partial charge in [-0.1, -0.05) is 26.2 Å². The summed E-state index contributed by atoms with van der Waals surface area (Å²) >= 11 is 0. The van der Waals surface area contributed by atoms with E-state index in [1.54, 1.807) is 6.92 Å². The molecule has 0 aromatic heterocycles. The second kappa shape index (κ2) is 4.64.